The van der Waals surface area contributed by atoms with Crippen molar-refractivity contribution in [3.63, 3.8) is 0 Å². The van der Waals surface area contributed by atoms with E-state index in [1.54, 1.807) is 37.6 Å². The van der Waals surface area contributed by atoms with Crippen LogP contribution in [-0.2, 0) is 26.3 Å². The Morgan fingerprint density at radius 3 is 2.74 bits per heavy atom. The molecule has 0 saturated carbocycles. The molecule has 1 aliphatic rings. The van der Waals surface area contributed by atoms with Crippen LogP contribution in [0.4, 0.5) is 4.39 Å². The summed E-state index contributed by atoms with van der Waals surface area (Å²) in [5.41, 5.74) is 0.395. The first-order chi connectivity index (χ1) is 16.2. The number of aryl methyl sites for hydroxylation is 1. The van der Waals surface area contributed by atoms with Crippen molar-refractivity contribution >= 4 is 29.1 Å². The van der Waals surface area contributed by atoms with Crippen LogP contribution in [0.2, 0.25) is 0 Å². The number of thiazole rings is 1. The Morgan fingerprint density at radius 1 is 1.29 bits per heavy atom. The highest BCUT2D eigenvalue weighted by Gasteiger charge is 2.54. The molecule has 1 saturated heterocycles. The number of carbonyl (C=O) groups is 3. The number of nitrogens with zero attached hydrogens (tertiary/aromatic N) is 4. The van der Waals surface area contributed by atoms with E-state index >= 15 is 0 Å². The molecular weight excluding hydrogens is 455 g/mol. The first-order valence-corrected chi connectivity index (χ1v) is 11.8. The number of likely N-dealkylation sites (tertiary alicyclic amines) is 1. The molecule has 9 heteroatoms. The molecule has 34 heavy (non-hydrogen) atoms. The highest BCUT2D eigenvalue weighted by Crippen LogP contribution is 2.41. The van der Waals surface area contributed by atoms with Crippen LogP contribution in [0.3, 0.4) is 0 Å². The summed E-state index contributed by atoms with van der Waals surface area (Å²) < 4.78 is 14.2. The van der Waals surface area contributed by atoms with E-state index in [1.807, 2.05) is 19.2 Å². The van der Waals surface area contributed by atoms with Crippen LogP contribution in [0, 0.1) is 12.7 Å². The molecule has 0 aliphatic carbocycles. The van der Waals surface area contributed by atoms with E-state index in [1.165, 1.54) is 34.4 Å². The maximum absolute atomic E-state index is 14.2. The number of hydrogen-bond donors (Lipinski definition) is 0. The Hall–Kier alpha value is -3.46. The van der Waals surface area contributed by atoms with Gasteiger partial charge in [-0.1, -0.05) is 18.2 Å². The van der Waals surface area contributed by atoms with Crippen LogP contribution in [0.25, 0.3) is 0 Å². The van der Waals surface area contributed by atoms with E-state index in [-0.39, 0.29) is 31.3 Å². The number of aromatic nitrogens is 2. The summed E-state index contributed by atoms with van der Waals surface area (Å²) in [5.74, 6) is -1.77. The Kier molecular flexibility index (Phi) is 6.56. The zero-order chi connectivity index (χ0) is 24.5. The van der Waals surface area contributed by atoms with E-state index in [9.17, 15) is 18.8 Å². The molecule has 4 rings (SSSR count). The molecule has 3 amide bonds. The quantitative estimate of drug-likeness (QED) is 0.481. The molecule has 0 bridgehead atoms. The third kappa shape index (κ3) is 4.48. The van der Waals surface area contributed by atoms with Gasteiger partial charge < -0.3 is 4.90 Å². The highest BCUT2D eigenvalue weighted by molar-refractivity contribution is 7.09. The van der Waals surface area contributed by atoms with Crippen molar-refractivity contribution in [1.29, 1.82) is 0 Å². The van der Waals surface area contributed by atoms with Gasteiger partial charge in [-0.3, -0.25) is 24.3 Å². The van der Waals surface area contributed by atoms with Crippen LogP contribution in [0.5, 0.6) is 0 Å². The maximum Gasteiger partial charge on any atom is 0.241 e. The standard InChI is InChI=1S/C25H25FN4O3S/c1-16-15-34-23(28-16)17(2)29(3)21(31)11-25(19-7-4-8-20(26)10-19)12-22(32)30(24(25)33)14-18-6-5-9-27-13-18/h4-10,13,15,17H,11-12,14H2,1-3H3. The molecule has 0 spiro atoms. The van der Waals surface area contributed by atoms with Gasteiger partial charge in [0, 0.05) is 43.4 Å². The summed E-state index contributed by atoms with van der Waals surface area (Å²) in [6.45, 7) is 3.79. The molecular formula is C25H25FN4O3S. The third-order valence-electron chi connectivity index (χ3n) is 6.27. The van der Waals surface area contributed by atoms with Gasteiger partial charge in [0.1, 0.15) is 10.8 Å². The van der Waals surface area contributed by atoms with Gasteiger partial charge in [-0.25, -0.2) is 9.37 Å². The smallest absolute Gasteiger partial charge is 0.241 e. The molecule has 2 atom stereocenters. The number of benzene rings is 1. The average Bonchev–Trinajstić information content (AvgIpc) is 3.36. The first kappa shape index (κ1) is 23.7. The lowest BCUT2D eigenvalue weighted by molar-refractivity contribution is -0.143. The highest BCUT2D eigenvalue weighted by atomic mass is 32.1. The molecule has 3 heterocycles. The molecule has 1 aromatic carbocycles. The van der Waals surface area contributed by atoms with E-state index in [0.29, 0.717) is 11.1 Å². The lowest BCUT2D eigenvalue weighted by Gasteiger charge is -2.31. The van der Waals surface area contributed by atoms with Gasteiger partial charge in [-0.05, 0) is 43.2 Å². The second kappa shape index (κ2) is 9.42. The number of halogens is 1. The zero-order valence-electron chi connectivity index (χ0n) is 19.2. The summed E-state index contributed by atoms with van der Waals surface area (Å²) in [5, 5.41) is 2.69. The van der Waals surface area contributed by atoms with Crippen LogP contribution in [-0.4, -0.2) is 44.5 Å². The average molecular weight is 481 g/mol. The second-order valence-electron chi connectivity index (χ2n) is 8.60. The predicted octanol–water partition coefficient (Wildman–Crippen LogP) is 3.79. The van der Waals surface area contributed by atoms with E-state index in [0.717, 1.165) is 15.6 Å². The minimum Gasteiger partial charge on any atom is -0.337 e. The molecule has 0 N–H and O–H groups in total. The molecule has 3 aromatic rings. The number of carbonyl (C=O) groups excluding carboxylic acids is 3. The molecule has 0 radical (unpaired) electrons. The summed E-state index contributed by atoms with van der Waals surface area (Å²) in [6, 6.07) is 8.78. The fourth-order valence-corrected chi connectivity index (χ4v) is 5.11. The lowest BCUT2D eigenvalue weighted by Crippen LogP contribution is -2.43. The van der Waals surface area contributed by atoms with Crippen molar-refractivity contribution in [3.05, 3.63) is 81.8 Å². The van der Waals surface area contributed by atoms with Gasteiger partial charge in [0.15, 0.2) is 0 Å². The summed E-state index contributed by atoms with van der Waals surface area (Å²) in [4.78, 5) is 51.4. The Balaban J connectivity index is 1.66. The number of rotatable bonds is 7. The predicted molar refractivity (Wildman–Crippen MR) is 125 cm³/mol. The Morgan fingerprint density at radius 2 is 2.09 bits per heavy atom. The monoisotopic (exact) mass is 480 g/mol. The van der Waals surface area contributed by atoms with Crippen LogP contribution >= 0.6 is 11.3 Å². The van der Waals surface area contributed by atoms with Crippen molar-refractivity contribution in [2.45, 2.75) is 44.7 Å². The zero-order valence-corrected chi connectivity index (χ0v) is 20.0. The third-order valence-corrected chi connectivity index (χ3v) is 7.40. The Labute approximate surface area is 201 Å². The second-order valence-corrected chi connectivity index (χ2v) is 9.49. The number of pyridine rings is 1. The topological polar surface area (TPSA) is 83.5 Å². The van der Waals surface area contributed by atoms with Crippen LogP contribution < -0.4 is 0 Å². The first-order valence-electron chi connectivity index (χ1n) is 10.9. The molecule has 2 aromatic heterocycles. The Bertz CT molecular complexity index is 1230. The fraction of sp³-hybridized carbons (Fsp3) is 0.320. The van der Waals surface area contributed by atoms with Crippen LogP contribution in [0.1, 0.15) is 47.6 Å². The SMILES string of the molecule is Cc1csc(C(C)N(C)C(=O)CC2(c3cccc(F)c3)CC(=O)N(Cc3cccnc3)C2=O)n1. The summed E-state index contributed by atoms with van der Waals surface area (Å²) in [6.07, 6.45) is 2.72. The summed E-state index contributed by atoms with van der Waals surface area (Å²) >= 11 is 1.46. The van der Waals surface area contributed by atoms with Gasteiger partial charge in [-0.15, -0.1) is 11.3 Å². The molecule has 1 aliphatic heterocycles. The summed E-state index contributed by atoms with van der Waals surface area (Å²) in [7, 11) is 1.65. The van der Waals surface area contributed by atoms with Crippen molar-refractivity contribution in [1.82, 2.24) is 19.8 Å². The largest absolute Gasteiger partial charge is 0.337 e. The number of hydrogen-bond acceptors (Lipinski definition) is 6. The fourth-order valence-electron chi connectivity index (χ4n) is 4.22. The van der Waals surface area contributed by atoms with Crippen LogP contribution in [0.15, 0.2) is 54.2 Å². The number of imide groups is 1. The minimum absolute atomic E-state index is 0.0431. The normalized spacial score (nSPS) is 18.9. The van der Waals surface area contributed by atoms with Crippen molar-refractivity contribution < 1.29 is 18.8 Å². The maximum atomic E-state index is 14.2. The van der Waals surface area contributed by atoms with Gasteiger partial charge >= 0.3 is 0 Å². The van der Waals surface area contributed by atoms with Crippen molar-refractivity contribution in [2.75, 3.05) is 7.05 Å². The van der Waals surface area contributed by atoms with E-state index in [2.05, 4.69) is 9.97 Å². The lowest BCUT2D eigenvalue weighted by atomic mass is 9.75. The molecule has 7 nitrogen and oxygen atoms in total. The number of amides is 3. The van der Waals surface area contributed by atoms with Crippen molar-refractivity contribution in [2.24, 2.45) is 0 Å². The van der Waals surface area contributed by atoms with Gasteiger partial charge in [0.25, 0.3) is 0 Å². The molecule has 1 fully saturated rings. The van der Waals surface area contributed by atoms with Gasteiger partial charge in [-0.2, -0.15) is 0 Å². The van der Waals surface area contributed by atoms with Gasteiger partial charge in [0.05, 0.1) is 18.0 Å². The van der Waals surface area contributed by atoms with E-state index < -0.39 is 23.0 Å². The van der Waals surface area contributed by atoms with E-state index in [4.69, 9.17) is 0 Å². The van der Waals surface area contributed by atoms with Crippen molar-refractivity contribution in [3.8, 4) is 0 Å². The molecule has 176 valence electrons. The van der Waals surface area contributed by atoms with Gasteiger partial charge in [0.2, 0.25) is 17.7 Å². The molecule has 2 unspecified atom stereocenters. The minimum atomic E-state index is -1.48.